The molecule has 0 radical (unpaired) electrons. The number of hydrogen-bond donors (Lipinski definition) is 1. The number of tetrazole rings is 1. The number of benzene rings is 3. The summed E-state index contributed by atoms with van der Waals surface area (Å²) in [6, 6.07) is 17.4. The van der Waals surface area contributed by atoms with Gasteiger partial charge in [-0.2, -0.15) is 5.21 Å². The van der Waals surface area contributed by atoms with Crippen LogP contribution >= 0.6 is 39.1 Å². The van der Waals surface area contributed by atoms with Crippen molar-refractivity contribution in [2.75, 3.05) is 7.05 Å². The Labute approximate surface area is 234 Å². The fourth-order valence-corrected chi connectivity index (χ4v) is 4.65. The first-order chi connectivity index (χ1) is 18.3. The summed E-state index contributed by atoms with van der Waals surface area (Å²) in [6.45, 7) is 0.497. The van der Waals surface area contributed by atoms with Crippen molar-refractivity contribution in [1.29, 1.82) is 0 Å². The number of fused-ring (bicyclic) bond motifs is 1. The van der Waals surface area contributed by atoms with Crippen molar-refractivity contribution in [1.82, 2.24) is 25.5 Å². The number of nitrogens with one attached hydrogen (secondary N) is 1. The van der Waals surface area contributed by atoms with E-state index in [9.17, 15) is 4.79 Å². The molecule has 0 spiro atoms. The molecule has 194 valence electrons. The number of halogens is 3. The molecular formula is C25H18BrCl2N5O5. The van der Waals surface area contributed by atoms with E-state index in [1.165, 1.54) is 17.0 Å². The number of rotatable bonds is 8. The average molecular weight is 619 g/mol. The predicted octanol–water partition coefficient (Wildman–Crippen LogP) is 7.02. The third-order valence-electron chi connectivity index (χ3n) is 5.26. The van der Waals surface area contributed by atoms with Gasteiger partial charge >= 0.3 is 6.09 Å². The lowest BCUT2D eigenvalue weighted by molar-refractivity contribution is 0.146. The molecule has 0 saturated carbocycles. The summed E-state index contributed by atoms with van der Waals surface area (Å²) < 4.78 is 23.0. The van der Waals surface area contributed by atoms with Crippen LogP contribution in [0.1, 0.15) is 11.4 Å². The fourth-order valence-electron chi connectivity index (χ4n) is 3.54. The standard InChI is InChI=1S/C25H18BrCl2N5O5/c1-33(25(34)38-23-7-6-22(37-23)36-18-10-16(27)9-17(28)11-18)12-14-2-4-19-15(8-14)3-5-20(24(19)26)35-13-21-29-31-32-30-21/h2-11H,12-13H2,1H3,(H,29,30,31,32). The van der Waals surface area contributed by atoms with Gasteiger partial charge in [-0.3, -0.25) is 0 Å². The smallest absolute Gasteiger partial charge is 0.417 e. The maximum absolute atomic E-state index is 12.6. The molecule has 0 saturated heterocycles. The molecule has 2 heterocycles. The lowest BCUT2D eigenvalue weighted by atomic mass is 10.1. The van der Waals surface area contributed by atoms with Crippen molar-refractivity contribution in [2.24, 2.45) is 0 Å². The Morgan fingerprint density at radius 3 is 2.61 bits per heavy atom. The zero-order chi connectivity index (χ0) is 26.6. The number of ether oxygens (including phenoxy) is 3. The molecule has 3 aromatic carbocycles. The van der Waals surface area contributed by atoms with Gasteiger partial charge in [0.1, 0.15) is 11.5 Å². The minimum absolute atomic E-state index is 0.0132. The minimum Gasteiger partial charge on any atom is -0.484 e. The van der Waals surface area contributed by atoms with Crippen molar-refractivity contribution in [3.8, 4) is 23.4 Å². The maximum atomic E-state index is 12.6. The van der Waals surface area contributed by atoms with Gasteiger partial charge in [-0.15, -0.1) is 10.2 Å². The van der Waals surface area contributed by atoms with Crippen molar-refractivity contribution in [2.45, 2.75) is 13.2 Å². The van der Waals surface area contributed by atoms with E-state index >= 15 is 0 Å². The maximum Gasteiger partial charge on any atom is 0.417 e. The number of nitrogens with zero attached hydrogens (tertiary/aromatic N) is 4. The lowest BCUT2D eigenvalue weighted by Crippen LogP contribution is -2.29. The Morgan fingerprint density at radius 1 is 1.05 bits per heavy atom. The van der Waals surface area contributed by atoms with Crippen LogP contribution in [-0.4, -0.2) is 38.7 Å². The largest absolute Gasteiger partial charge is 0.484 e. The van der Waals surface area contributed by atoms with Gasteiger partial charge in [0.25, 0.3) is 11.9 Å². The van der Waals surface area contributed by atoms with Gasteiger partial charge in [0.15, 0.2) is 6.61 Å². The van der Waals surface area contributed by atoms with Crippen LogP contribution in [0.3, 0.4) is 0 Å². The second kappa shape index (κ2) is 11.3. The van der Waals surface area contributed by atoms with E-state index in [1.54, 1.807) is 25.2 Å². The van der Waals surface area contributed by atoms with Crippen LogP contribution in [0.5, 0.6) is 23.4 Å². The number of carbonyl (C=O) groups is 1. The summed E-state index contributed by atoms with van der Waals surface area (Å²) in [4.78, 5) is 14.1. The Morgan fingerprint density at radius 2 is 1.84 bits per heavy atom. The molecule has 2 aromatic heterocycles. The first-order valence-corrected chi connectivity index (χ1v) is 12.6. The zero-order valence-electron chi connectivity index (χ0n) is 19.7. The Bertz CT molecular complexity index is 1570. The van der Waals surface area contributed by atoms with Crippen LogP contribution in [0.2, 0.25) is 10.0 Å². The Hall–Kier alpha value is -3.80. The van der Waals surface area contributed by atoms with Crippen molar-refractivity contribution >= 4 is 56.0 Å². The van der Waals surface area contributed by atoms with Gasteiger partial charge in [-0.05, 0) is 62.6 Å². The van der Waals surface area contributed by atoms with Gasteiger partial charge in [-0.25, -0.2) is 4.79 Å². The molecule has 1 amide bonds. The number of amides is 1. The normalized spacial score (nSPS) is 10.9. The fraction of sp³-hybridized carbons (Fsp3) is 0.120. The van der Waals surface area contributed by atoms with E-state index in [2.05, 4.69) is 36.6 Å². The molecule has 0 unspecified atom stereocenters. The van der Waals surface area contributed by atoms with Crippen LogP contribution in [0, 0.1) is 0 Å². The van der Waals surface area contributed by atoms with Gasteiger partial charge in [0.05, 0.1) is 4.47 Å². The molecule has 38 heavy (non-hydrogen) atoms. The predicted molar refractivity (Wildman–Crippen MR) is 143 cm³/mol. The highest BCUT2D eigenvalue weighted by Crippen LogP contribution is 2.34. The molecule has 1 N–H and O–H groups in total. The van der Waals surface area contributed by atoms with Gasteiger partial charge in [-0.1, -0.05) is 46.6 Å². The highest BCUT2D eigenvalue weighted by Gasteiger charge is 2.16. The van der Waals surface area contributed by atoms with Crippen molar-refractivity contribution in [3.05, 3.63) is 86.6 Å². The molecule has 13 heteroatoms. The number of aromatic amines is 1. The average Bonchev–Trinajstić information content (AvgIpc) is 3.55. The quantitative estimate of drug-likeness (QED) is 0.197. The van der Waals surface area contributed by atoms with Crippen LogP contribution in [-0.2, 0) is 13.2 Å². The van der Waals surface area contributed by atoms with E-state index in [0.717, 1.165) is 20.8 Å². The van der Waals surface area contributed by atoms with E-state index in [4.69, 9.17) is 41.8 Å². The third kappa shape index (κ3) is 6.18. The van der Waals surface area contributed by atoms with Crippen LogP contribution < -0.4 is 14.2 Å². The second-order valence-corrected chi connectivity index (χ2v) is 9.72. The van der Waals surface area contributed by atoms with Crippen LogP contribution in [0.4, 0.5) is 4.79 Å². The van der Waals surface area contributed by atoms with Gasteiger partial charge < -0.3 is 23.5 Å². The molecule has 0 bridgehead atoms. The number of aromatic nitrogens is 4. The van der Waals surface area contributed by atoms with Crippen molar-refractivity contribution < 1.29 is 23.4 Å². The highest BCUT2D eigenvalue weighted by atomic mass is 79.9. The molecule has 0 fully saturated rings. The topological polar surface area (TPSA) is 116 Å². The van der Waals surface area contributed by atoms with Crippen LogP contribution in [0.15, 0.2) is 69.6 Å². The molecule has 0 aliphatic carbocycles. The van der Waals surface area contributed by atoms with E-state index in [-0.39, 0.29) is 18.5 Å². The monoisotopic (exact) mass is 617 g/mol. The zero-order valence-corrected chi connectivity index (χ0v) is 22.7. The van der Waals surface area contributed by atoms with Gasteiger partial charge in [0, 0.05) is 35.8 Å². The number of furan rings is 1. The van der Waals surface area contributed by atoms with Gasteiger partial charge in [0.2, 0.25) is 5.82 Å². The second-order valence-electron chi connectivity index (χ2n) is 8.05. The van der Waals surface area contributed by atoms with Crippen LogP contribution in [0.25, 0.3) is 10.8 Å². The SMILES string of the molecule is CN(Cc1ccc2c(Br)c(OCc3nn[nH]n3)ccc2c1)C(=O)Oc1ccc(Oc2cc(Cl)cc(Cl)c2)o1. The van der Waals surface area contributed by atoms with E-state index in [1.807, 2.05) is 30.3 Å². The summed E-state index contributed by atoms with van der Waals surface area (Å²) >= 11 is 15.6. The van der Waals surface area contributed by atoms with E-state index in [0.29, 0.717) is 33.9 Å². The molecule has 5 aromatic rings. The lowest BCUT2D eigenvalue weighted by Gasteiger charge is -2.16. The summed E-state index contributed by atoms with van der Waals surface area (Å²) in [5, 5.41) is 16.4. The Balaban J connectivity index is 1.20. The van der Waals surface area contributed by atoms with E-state index < -0.39 is 6.09 Å². The molecular weight excluding hydrogens is 601 g/mol. The number of hydrogen-bond acceptors (Lipinski definition) is 8. The summed E-state index contributed by atoms with van der Waals surface area (Å²) in [5.74, 6) is 1.60. The summed E-state index contributed by atoms with van der Waals surface area (Å²) in [6.07, 6.45) is -0.594. The first kappa shape index (κ1) is 25.8. The Kier molecular flexibility index (Phi) is 7.68. The third-order valence-corrected chi connectivity index (χ3v) is 6.51. The molecule has 0 atom stereocenters. The summed E-state index contributed by atoms with van der Waals surface area (Å²) in [5.41, 5.74) is 0.908. The minimum atomic E-state index is -0.594. The first-order valence-electron chi connectivity index (χ1n) is 11.1. The molecule has 0 aliphatic heterocycles. The highest BCUT2D eigenvalue weighted by molar-refractivity contribution is 9.10. The summed E-state index contributed by atoms with van der Waals surface area (Å²) in [7, 11) is 1.63. The number of carbonyl (C=O) groups excluding carboxylic acids is 1. The van der Waals surface area contributed by atoms with Crippen molar-refractivity contribution in [3.63, 3.8) is 0 Å². The molecule has 10 nitrogen and oxygen atoms in total. The number of H-pyrrole nitrogens is 1. The molecule has 0 aliphatic rings. The molecule has 5 rings (SSSR count).